The van der Waals surface area contributed by atoms with Gasteiger partial charge in [0, 0.05) is 6.04 Å². The maximum Gasteiger partial charge on any atom is 0.306 e. The molecule has 1 aromatic rings. The van der Waals surface area contributed by atoms with Crippen LogP contribution in [0.15, 0.2) is 12.4 Å². The Morgan fingerprint density at radius 2 is 2.22 bits per heavy atom. The lowest BCUT2D eigenvalue weighted by atomic mass is 9.82. The summed E-state index contributed by atoms with van der Waals surface area (Å²) in [6.45, 7) is 0.285. The molecule has 0 saturated heterocycles. The van der Waals surface area contributed by atoms with E-state index >= 15 is 0 Å². The first kappa shape index (κ1) is 14.9. The SMILES string of the molecule is Cl.NC1CCC(O)(Cn2cc([N+](=O)[O-])cn2)CC1. The third-order valence-corrected chi connectivity index (χ3v) is 3.25. The summed E-state index contributed by atoms with van der Waals surface area (Å²) in [7, 11) is 0. The van der Waals surface area contributed by atoms with E-state index in [4.69, 9.17) is 5.73 Å². The molecule has 1 aliphatic rings. The topological polar surface area (TPSA) is 107 Å². The standard InChI is InChI=1S/C10H16N4O3.ClH/c11-8-1-3-10(15,4-2-8)7-13-6-9(5-12-13)14(16)17;/h5-6,8,15H,1-4,7,11H2;1H. The zero-order valence-electron chi connectivity index (χ0n) is 9.86. The molecular weight excluding hydrogens is 260 g/mol. The van der Waals surface area contributed by atoms with Gasteiger partial charge >= 0.3 is 5.69 Å². The molecular formula is C10H17ClN4O3. The maximum absolute atomic E-state index is 10.5. The number of hydrogen-bond acceptors (Lipinski definition) is 5. The molecule has 1 aromatic heterocycles. The Morgan fingerprint density at radius 3 is 2.72 bits per heavy atom. The highest BCUT2D eigenvalue weighted by Gasteiger charge is 2.33. The molecule has 0 unspecified atom stereocenters. The van der Waals surface area contributed by atoms with Crippen LogP contribution in [0.25, 0.3) is 0 Å². The number of nitrogens with zero attached hydrogens (tertiary/aromatic N) is 3. The van der Waals surface area contributed by atoms with Crippen molar-refractivity contribution in [3.8, 4) is 0 Å². The van der Waals surface area contributed by atoms with Crippen LogP contribution in [0.1, 0.15) is 25.7 Å². The minimum absolute atomic E-state index is 0. The monoisotopic (exact) mass is 276 g/mol. The molecule has 1 aliphatic carbocycles. The van der Waals surface area contributed by atoms with Gasteiger partial charge in [-0.3, -0.25) is 14.8 Å². The molecule has 102 valence electrons. The van der Waals surface area contributed by atoms with E-state index in [9.17, 15) is 15.2 Å². The third kappa shape index (κ3) is 3.41. The molecule has 0 amide bonds. The first-order chi connectivity index (χ1) is 7.98. The predicted octanol–water partition coefficient (Wildman–Crippen LogP) is 0.846. The fourth-order valence-corrected chi connectivity index (χ4v) is 2.17. The Bertz CT molecular complexity index is 415. The van der Waals surface area contributed by atoms with E-state index in [1.54, 1.807) is 0 Å². The first-order valence-electron chi connectivity index (χ1n) is 5.63. The molecule has 0 radical (unpaired) electrons. The summed E-state index contributed by atoms with van der Waals surface area (Å²) in [6.07, 6.45) is 5.31. The number of rotatable bonds is 3. The largest absolute Gasteiger partial charge is 0.388 e. The molecule has 1 saturated carbocycles. The lowest BCUT2D eigenvalue weighted by Gasteiger charge is -2.34. The number of aromatic nitrogens is 2. The Labute approximate surface area is 111 Å². The van der Waals surface area contributed by atoms with Crippen LogP contribution >= 0.6 is 12.4 Å². The molecule has 3 N–H and O–H groups in total. The fraction of sp³-hybridized carbons (Fsp3) is 0.700. The second-order valence-corrected chi connectivity index (χ2v) is 4.71. The van der Waals surface area contributed by atoms with Crippen molar-refractivity contribution in [3.63, 3.8) is 0 Å². The number of nitro groups is 1. The van der Waals surface area contributed by atoms with E-state index in [1.165, 1.54) is 17.1 Å². The number of aliphatic hydroxyl groups is 1. The molecule has 2 rings (SSSR count). The number of nitrogens with two attached hydrogens (primary N) is 1. The molecule has 0 spiro atoms. The van der Waals surface area contributed by atoms with Crippen molar-refractivity contribution in [3.05, 3.63) is 22.5 Å². The van der Waals surface area contributed by atoms with Crippen molar-refractivity contribution in [1.29, 1.82) is 0 Å². The molecule has 8 heteroatoms. The third-order valence-electron chi connectivity index (χ3n) is 3.25. The molecule has 1 fully saturated rings. The van der Waals surface area contributed by atoms with Crippen molar-refractivity contribution < 1.29 is 10.0 Å². The van der Waals surface area contributed by atoms with E-state index in [1.807, 2.05) is 0 Å². The number of halogens is 1. The average molecular weight is 277 g/mol. The zero-order chi connectivity index (χ0) is 12.5. The highest BCUT2D eigenvalue weighted by atomic mass is 35.5. The lowest BCUT2D eigenvalue weighted by Crippen LogP contribution is -2.42. The highest BCUT2D eigenvalue weighted by molar-refractivity contribution is 5.85. The highest BCUT2D eigenvalue weighted by Crippen LogP contribution is 2.29. The van der Waals surface area contributed by atoms with Crippen LogP contribution in [0, 0.1) is 10.1 Å². The van der Waals surface area contributed by atoms with Crippen LogP contribution in [0.5, 0.6) is 0 Å². The minimum Gasteiger partial charge on any atom is -0.388 e. The average Bonchev–Trinajstić information content (AvgIpc) is 2.71. The quantitative estimate of drug-likeness (QED) is 0.628. The minimum atomic E-state index is -0.838. The van der Waals surface area contributed by atoms with Crippen LogP contribution < -0.4 is 5.73 Å². The Kier molecular flexibility index (Phi) is 4.66. The smallest absolute Gasteiger partial charge is 0.306 e. The summed E-state index contributed by atoms with van der Waals surface area (Å²) in [5.74, 6) is 0. The van der Waals surface area contributed by atoms with E-state index < -0.39 is 10.5 Å². The van der Waals surface area contributed by atoms with Gasteiger partial charge in [0.05, 0.1) is 17.1 Å². The van der Waals surface area contributed by atoms with Crippen molar-refractivity contribution in [2.24, 2.45) is 5.73 Å². The van der Waals surface area contributed by atoms with E-state index in [0.717, 1.165) is 12.8 Å². The van der Waals surface area contributed by atoms with Gasteiger partial charge in [0.25, 0.3) is 0 Å². The normalized spacial score (nSPS) is 27.6. The van der Waals surface area contributed by atoms with Crippen LogP contribution in [0.3, 0.4) is 0 Å². The molecule has 0 bridgehead atoms. The first-order valence-corrected chi connectivity index (χ1v) is 5.63. The van der Waals surface area contributed by atoms with Crippen LogP contribution in [-0.4, -0.2) is 31.5 Å². The molecule has 18 heavy (non-hydrogen) atoms. The Morgan fingerprint density at radius 1 is 1.61 bits per heavy atom. The van der Waals surface area contributed by atoms with Gasteiger partial charge < -0.3 is 10.8 Å². The van der Waals surface area contributed by atoms with Gasteiger partial charge in [0.1, 0.15) is 12.4 Å². The van der Waals surface area contributed by atoms with Crippen LogP contribution in [-0.2, 0) is 6.54 Å². The maximum atomic E-state index is 10.5. The summed E-state index contributed by atoms with van der Waals surface area (Å²) >= 11 is 0. The van der Waals surface area contributed by atoms with Gasteiger partial charge in [-0.25, -0.2) is 0 Å². The summed E-state index contributed by atoms with van der Waals surface area (Å²) in [5.41, 5.74) is 4.88. The lowest BCUT2D eigenvalue weighted by molar-refractivity contribution is -0.385. The van der Waals surface area contributed by atoms with E-state index in [2.05, 4.69) is 5.10 Å². The van der Waals surface area contributed by atoms with E-state index in [-0.39, 0.29) is 30.7 Å². The van der Waals surface area contributed by atoms with Gasteiger partial charge in [-0.1, -0.05) is 0 Å². The van der Waals surface area contributed by atoms with Gasteiger partial charge in [-0.05, 0) is 25.7 Å². The Hall–Kier alpha value is -1.18. The predicted molar refractivity (Wildman–Crippen MR) is 67.5 cm³/mol. The molecule has 0 aromatic carbocycles. The van der Waals surface area contributed by atoms with Crippen molar-refractivity contribution in [1.82, 2.24) is 9.78 Å². The number of hydrogen-bond donors (Lipinski definition) is 2. The molecule has 0 atom stereocenters. The fourth-order valence-electron chi connectivity index (χ4n) is 2.17. The zero-order valence-corrected chi connectivity index (χ0v) is 10.7. The molecule has 7 nitrogen and oxygen atoms in total. The van der Waals surface area contributed by atoms with E-state index in [0.29, 0.717) is 12.8 Å². The molecule has 1 heterocycles. The summed E-state index contributed by atoms with van der Waals surface area (Å²) in [5, 5.41) is 24.7. The van der Waals surface area contributed by atoms with Gasteiger partial charge in [0.2, 0.25) is 0 Å². The van der Waals surface area contributed by atoms with Gasteiger partial charge in [-0.15, -0.1) is 12.4 Å². The summed E-state index contributed by atoms with van der Waals surface area (Å²) in [6, 6.07) is 0.155. The van der Waals surface area contributed by atoms with Gasteiger partial charge in [-0.2, -0.15) is 5.10 Å². The van der Waals surface area contributed by atoms with Gasteiger partial charge in [0.15, 0.2) is 0 Å². The van der Waals surface area contributed by atoms with Crippen molar-refractivity contribution >= 4 is 18.1 Å². The molecule has 0 aliphatic heterocycles. The summed E-state index contributed by atoms with van der Waals surface area (Å²) in [4.78, 5) is 10.0. The Balaban J connectivity index is 0.00000162. The summed E-state index contributed by atoms with van der Waals surface area (Å²) < 4.78 is 1.43. The van der Waals surface area contributed by atoms with Crippen molar-refractivity contribution in [2.75, 3.05) is 0 Å². The van der Waals surface area contributed by atoms with Crippen molar-refractivity contribution in [2.45, 2.75) is 43.9 Å². The second kappa shape index (κ2) is 5.64. The second-order valence-electron chi connectivity index (χ2n) is 4.71. The van der Waals surface area contributed by atoms with Crippen LogP contribution in [0.4, 0.5) is 5.69 Å². The van der Waals surface area contributed by atoms with Crippen LogP contribution in [0.2, 0.25) is 0 Å².